The summed E-state index contributed by atoms with van der Waals surface area (Å²) in [6.45, 7) is 3.92. The maximum absolute atomic E-state index is 12.7. The van der Waals surface area contributed by atoms with Crippen LogP contribution in [0.5, 0.6) is 5.75 Å². The first-order valence-electron chi connectivity index (χ1n) is 10.5. The van der Waals surface area contributed by atoms with Crippen LogP contribution < -0.4 is 10.1 Å². The van der Waals surface area contributed by atoms with Gasteiger partial charge in [0.15, 0.2) is 0 Å². The number of carbonyl (C=O) groups is 1. The molecule has 1 N–H and O–H groups in total. The minimum Gasteiger partial charge on any atom is -0.496 e. The summed E-state index contributed by atoms with van der Waals surface area (Å²) < 4.78 is 12.8. The number of hydrogen-bond donors (Lipinski definition) is 1. The number of anilines is 1. The third-order valence-corrected chi connectivity index (χ3v) is 6.76. The molecule has 1 aliphatic rings. The number of nitrogens with one attached hydrogen (secondary N) is 1. The first kappa shape index (κ1) is 19.8. The Bertz CT molecular complexity index is 1350. The van der Waals surface area contributed by atoms with E-state index in [1.807, 2.05) is 38.1 Å². The molecule has 0 saturated heterocycles. The number of thiazole rings is 1. The van der Waals surface area contributed by atoms with Crippen LogP contribution in [0.3, 0.4) is 0 Å². The van der Waals surface area contributed by atoms with Crippen LogP contribution >= 0.6 is 11.3 Å². The lowest BCUT2D eigenvalue weighted by Gasteiger charge is -2.11. The molecule has 6 heteroatoms. The van der Waals surface area contributed by atoms with Crippen molar-refractivity contribution in [2.75, 3.05) is 12.4 Å². The van der Waals surface area contributed by atoms with Gasteiger partial charge in [0.05, 0.1) is 22.3 Å². The molecule has 0 fully saturated rings. The van der Waals surface area contributed by atoms with Crippen LogP contribution in [0.25, 0.3) is 26.8 Å². The maximum Gasteiger partial charge on any atom is 0.248 e. The summed E-state index contributed by atoms with van der Waals surface area (Å²) in [5, 5.41) is 5.09. The third kappa shape index (κ3) is 3.72. The molecule has 0 spiro atoms. The van der Waals surface area contributed by atoms with Crippen LogP contribution in [0.4, 0.5) is 5.69 Å². The molecule has 2 heterocycles. The molecule has 0 atom stereocenters. The van der Waals surface area contributed by atoms with E-state index in [1.165, 1.54) is 18.4 Å². The molecule has 0 radical (unpaired) electrons. The third-order valence-electron chi connectivity index (χ3n) is 5.81. The molecule has 5 rings (SSSR count). The number of ether oxygens (including phenoxy) is 1. The van der Waals surface area contributed by atoms with Crippen LogP contribution in [-0.2, 0) is 17.6 Å². The second kappa shape index (κ2) is 7.85. The Balaban J connectivity index is 1.45. The molecule has 0 saturated carbocycles. The van der Waals surface area contributed by atoms with E-state index in [0.29, 0.717) is 5.75 Å². The quantitative estimate of drug-likeness (QED) is 0.386. The molecule has 0 bridgehead atoms. The number of nitrogens with zero attached hydrogens (tertiary/aromatic N) is 1. The molecule has 0 unspecified atom stereocenters. The number of aromatic nitrogens is 1. The first-order valence-corrected chi connectivity index (χ1v) is 11.3. The van der Waals surface area contributed by atoms with Gasteiger partial charge in [-0.05, 0) is 62.9 Å². The second-order valence-corrected chi connectivity index (χ2v) is 9.23. The average Bonchev–Trinajstić information content (AvgIpc) is 3.30. The van der Waals surface area contributed by atoms with Crippen molar-refractivity contribution in [2.45, 2.75) is 39.5 Å². The largest absolute Gasteiger partial charge is 0.496 e. The second-order valence-electron chi connectivity index (χ2n) is 7.99. The van der Waals surface area contributed by atoms with Gasteiger partial charge < -0.3 is 14.5 Å². The minimum atomic E-state index is -0.180. The summed E-state index contributed by atoms with van der Waals surface area (Å²) in [5.41, 5.74) is 5.54. The van der Waals surface area contributed by atoms with E-state index < -0.39 is 0 Å². The Labute approximate surface area is 184 Å². The zero-order chi connectivity index (χ0) is 21.5. The van der Waals surface area contributed by atoms with Crippen molar-refractivity contribution >= 4 is 49.7 Å². The van der Waals surface area contributed by atoms with E-state index in [9.17, 15) is 4.79 Å². The predicted octanol–water partition coefficient (Wildman–Crippen LogP) is 6.28. The van der Waals surface area contributed by atoms with Gasteiger partial charge in [-0.2, -0.15) is 0 Å². The van der Waals surface area contributed by atoms with Crippen LogP contribution in [0.1, 0.15) is 41.7 Å². The van der Waals surface area contributed by atoms with Gasteiger partial charge in [-0.25, -0.2) is 4.98 Å². The van der Waals surface area contributed by atoms with Gasteiger partial charge in [0.25, 0.3) is 0 Å². The number of allylic oxidation sites excluding steroid dienone is 1. The Kier molecular flexibility index (Phi) is 5.02. The zero-order valence-corrected chi connectivity index (χ0v) is 18.7. The van der Waals surface area contributed by atoms with Crippen molar-refractivity contribution < 1.29 is 13.9 Å². The number of fused-ring (bicyclic) bond motifs is 4. The molecule has 2 aromatic carbocycles. The average molecular weight is 433 g/mol. The van der Waals surface area contributed by atoms with Crippen molar-refractivity contribution in [2.24, 2.45) is 0 Å². The molecular formula is C25H24N2O3S. The number of hydrogen-bond acceptors (Lipinski definition) is 5. The summed E-state index contributed by atoms with van der Waals surface area (Å²) in [7, 11) is 1.64. The first-order chi connectivity index (χ1) is 15.0. The Morgan fingerprint density at radius 1 is 1.23 bits per heavy atom. The highest BCUT2D eigenvalue weighted by molar-refractivity contribution is 7.18. The lowest BCUT2D eigenvalue weighted by Crippen LogP contribution is -2.08. The fraction of sp³-hybridized carbons (Fsp3) is 0.280. The molecular weight excluding hydrogens is 408 g/mol. The van der Waals surface area contributed by atoms with Crippen LogP contribution in [0.2, 0.25) is 0 Å². The maximum atomic E-state index is 12.7. The minimum absolute atomic E-state index is 0.180. The van der Waals surface area contributed by atoms with E-state index in [-0.39, 0.29) is 5.91 Å². The molecule has 2 aromatic heterocycles. The summed E-state index contributed by atoms with van der Waals surface area (Å²) in [6.07, 6.45) is 6.00. The van der Waals surface area contributed by atoms with Crippen molar-refractivity contribution in [3.63, 3.8) is 0 Å². The molecule has 1 amide bonds. The topological polar surface area (TPSA) is 64.4 Å². The van der Waals surface area contributed by atoms with Crippen LogP contribution in [0, 0.1) is 6.92 Å². The van der Waals surface area contributed by atoms with E-state index in [2.05, 4.69) is 16.4 Å². The van der Waals surface area contributed by atoms with E-state index in [4.69, 9.17) is 9.15 Å². The van der Waals surface area contributed by atoms with Gasteiger partial charge in [0, 0.05) is 40.8 Å². The standard InChI is InChI=1S/C25H24N2O3S/c1-14(10-25(28)27-16-8-9-24-20(11-16)26-15(2)31-24)18-12-19-17-6-4-5-7-21(17)30-23(19)13-22(18)29-3/h8-13H,4-7H2,1-3H3,(H,27,28)/b14-10+. The lowest BCUT2D eigenvalue weighted by molar-refractivity contribution is -0.111. The predicted molar refractivity (Wildman–Crippen MR) is 126 cm³/mol. The van der Waals surface area contributed by atoms with Crippen LogP contribution in [-0.4, -0.2) is 18.0 Å². The molecule has 5 nitrogen and oxygen atoms in total. The normalized spacial score (nSPS) is 14.1. The van der Waals surface area contributed by atoms with Gasteiger partial charge in [0.1, 0.15) is 17.1 Å². The monoisotopic (exact) mass is 432 g/mol. The lowest BCUT2D eigenvalue weighted by atomic mass is 9.94. The van der Waals surface area contributed by atoms with Crippen molar-refractivity contribution in [3.05, 3.63) is 58.3 Å². The smallest absolute Gasteiger partial charge is 0.248 e. The number of aryl methyl sites for hydroxylation is 3. The fourth-order valence-corrected chi connectivity index (χ4v) is 5.15. The number of methoxy groups -OCH3 is 1. The van der Waals surface area contributed by atoms with Gasteiger partial charge in [-0.3, -0.25) is 4.79 Å². The van der Waals surface area contributed by atoms with E-state index in [1.54, 1.807) is 24.5 Å². The van der Waals surface area contributed by atoms with Crippen molar-refractivity contribution in [1.29, 1.82) is 0 Å². The number of carbonyl (C=O) groups excluding carboxylic acids is 1. The summed E-state index contributed by atoms with van der Waals surface area (Å²) in [6, 6.07) is 9.85. The Morgan fingerprint density at radius 3 is 2.90 bits per heavy atom. The highest BCUT2D eigenvalue weighted by Gasteiger charge is 2.20. The van der Waals surface area contributed by atoms with Gasteiger partial charge >= 0.3 is 0 Å². The number of benzene rings is 2. The molecule has 158 valence electrons. The fourth-order valence-electron chi connectivity index (χ4n) is 4.34. The number of furan rings is 1. The van der Waals surface area contributed by atoms with Crippen LogP contribution in [0.15, 0.2) is 40.8 Å². The van der Waals surface area contributed by atoms with Crippen molar-refractivity contribution in [3.8, 4) is 5.75 Å². The number of amides is 1. The molecule has 31 heavy (non-hydrogen) atoms. The van der Waals surface area contributed by atoms with Gasteiger partial charge in [-0.15, -0.1) is 11.3 Å². The van der Waals surface area contributed by atoms with E-state index >= 15 is 0 Å². The Morgan fingerprint density at radius 2 is 2.06 bits per heavy atom. The molecule has 4 aromatic rings. The van der Waals surface area contributed by atoms with Crippen molar-refractivity contribution in [1.82, 2.24) is 4.98 Å². The highest BCUT2D eigenvalue weighted by atomic mass is 32.1. The summed E-state index contributed by atoms with van der Waals surface area (Å²) in [4.78, 5) is 17.2. The van der Waals surface area contributed by atoms with E-state index in [0.717, 1.165) is 61.6 Å². The Hall–Kier alpha value is -3.12. The molecule has 1 aliphatic carbocycles. The number of rotatable bonds is 4. The summed E-state index contributed by atoms with van der Waals surface area (Å²) >= 11 is 1.65. The summed E-state index contributed by atoms with van der Waals surface area (Å²) in [5.74, 6) is 1.62. The SMILES string of the molecule is COc1cc2oc3c(c2cc1/C(C)=C/C(=O)Nc1ccc2sc(C)nc2c1)CCCC3. The molecule has 0 aliphatic heterocycles. The van der Waals surface area contributed by atoms with Gasteiger partial charge in [-0.1, -0.05) is 0 Å². The highest BCUT2D eigenvalue weighted by Crippen LogP contribution is 2.38. The van der Waals surface area contributed by atoms with Gasteiger partial charge in [0.2, 0.25) is 5.91 Å². The zero-order valence-electron chi connectivity index (χ0n) is 17.9.